The molecule has 5 heteroatoms. The van der Waals surface area contributed by atoms with E-state index in [9.17, 15) is 9.18 Å². The summed E-state index contributed by atoms with van der Waals surface area (Å²) in [5.74, 6) is -0.339. The van der Waals surface area contributed by atoms with Crippen LogP contribution in [0.3, 0.4) is 0 Å². The van der Waals surface area contributed by atoms with E-state index in [2.05, 4.69) is 26.6 Å². The molecule has 1 aliphatic heterocycles. The third kappa shape index (κ3) is 1.77. The van der Waals surface area contributed by atoms with Crippen LogP contribution < -0.4 is 10.6 Å². The van der Waals surface area contributed by atoms with Crippen LogP contribution in [0.4, 0.5) is 4.39 Å². The molecule has 1 aromatic carbocycles. The van der Waals surface area contributed by atoms with E-state index < -0.39 is 0 Å². The van der Waals surface area contributed by atoms with Crippen molar-refractivity contribution >= 4 is 21.8 Å². The second kappa shape index (κ2) is 3.78. The Morgan fingerprint density at radius 1 is 1.41 bits per heavy atom. The van der Waals surface area contributed by atoms with Crippen LogP contribution in [0.5, 0.6) is 0 Å². The number of hydrogen-bond acceptors (Lipinski definition) is 2. The summed E-state index contributed by atoms with van der Waals surface area (Å²) in [6, 6.07) is 4.31. The molecule has 1 saturated heterocycles. The zero-order valence-corrected chi connectivity index (χ0v) is 10.7. The predicted octanol–water partition coefficient (Wildman–Crippen LogP) is 2.23. The zero-order valence-electron chi connectivity index (χ0n) is 9.09. The van der Waals surface area contributed by atoms with Gasteiger partial charge in [-0.1, -0.05) is 6.07 Å². The lowest BCUT2D eigenvalue weighted by Crippen LogP contribution is -2.55. The van der Waals surface area contributed by atoms with E-state index in [1.807, 2.05) is 0 Å². The van der Waals surface area contributed by atoms with Crippen LogP contribution in [0.25, 0.3) is 0 Å². The predicted molar refractivity (Wildman–Crippen MR) is 64.7 cm³/mol. The average molecular weight is 299 g/mol. The van der Waals surface area contributed by atoms with E-state index in [-0.39, 0.29) is 23.4 Å². The van der Waals surface area contributed by atoms with Gasteiger partial charge in [-0.05, 0) is 52.9 Å². The molecule has 0 radical (unpaired) electrons. The molecule has 1 heterocycles. The molecule has 2 N–H and O–H groups in total. The number of halogens is 2. The largest absolute Gasteiger partial charge is 0.336 e. The van der Waals surface area contributed by atoms with Crippen molar-refractivity contribution in [3.05, 3.63) is 34.1 Å². The van der Waals surface area contributed by atoms with E-state index >= 15 is 0 Å². The highest BCUT2D eigenvalue weighted by molar-refractivity contribution is 9.10. The lowest BCUT2D eigenvalue weighted by molar-refractivity contribution is -0.121. The smallest absolute Gasteiger partial charge is 0.243 e. The van der Waals surface area contributed by atoms with Crippen LogP contribution >= 0.6 is 15.9 Å². The fraction of sp³-hybridized carbons (Fsp3) is 0.417. The Kier molecular flexibility index (Phi) is 2.48. The number of benzene rings is 1. The van der Waals surface area contributed by atoms with Gasteiger partial charge in [-0.2, -0.15) is 0 Å². The van der Waals surface area contributed by atoms with Gasteiger partial charge in [0.05, 0.1) is 10.1 Å². The number of amides is 1. The minimum Gasteiger partial charge on any atom is -0.336 e. The number of carbonyl (C=O) groups excluding carboxylic acids is 1. The second-order valence-corrected chi connectivity index (χ2v) is 5.53. The highest BCUT2D eigenvalue weighted by Crippen LogP contribution is 2.37. The molecule has 1 aliphatic carbocycles. The first-order valence-corrected chi connectivity index (χ1v) is 6.44. The van der Waals surface area contributed by atoms with Gasteiger partial charge in [-0.15, -0.1) is 0 Å². The van der Waals surface area contributed by atoms with Crippen molar-refractivity contribution in [2.75, 3.05) is 0 Å². The average Bonchev–Trinajstić information content (AvgIpc) is 2.60. The molecule has 0 bridgehead atoms. The standard InChI is InChI=1S/C12H12BrFN2O/c13-8-6-7(2-3-9(8)14)10-11(17)16-12(15-10)4-1-5-12/h2-3,6,10,15H,1,4-5H2,(H,16,17)/t10-/m0/s1. The van der Waals surface area contributed by atoms with Gasteiger partial charge in [-0.3, -0.25) is 10.1 Å². The molecule has 1 amide bonds. The normalized spacial score (nSPS) is 25.8. The van der Waals surface area contributed by atoms with Crippen LogP contribution in [0.15, 0.2) is 22.7 Å². The summed E-state index contributed by atoms with van der Waals surface area (Å²) in [5.41, 5.74) is 0.586. The van der Waals surface area contributed by atoms with Crippen LogP contribution in [-0.2, 0) is 4.79 Å². The molecule has 0 aromatic heterocycles. The maximum absolute atomic E-state index is 13.1. The summed E-state index contributed by atoms with van der Waals surface area (Å²) in [5, 5.41) is 6.30. The maximum atomic E-state index is 13.1. The SMILES string of the molecule is O=C1NC2(CCC2)N[C@H]1c1ccc(F)c(Br)c1. The molecule has 1 spiro atoms. The summed E-state index contributed by atoms with van der Waals surface area (Å²) >= 11 is 3.14. The first-order valence-electron chi connectivity index (χ1n) is 5.64. The molecule has 1 saturated carbocycles. The number of hydrogen-bond donors (Lipinski definition) is 2. The van der Waals surface area contributed by atoms with Crippen molar-refractivity contribution in [3.63, 3.8) is 0 Å². The van der Waals surface area contributed by atoms with Gasteiger partial charge in [0.25, 0.3) is 0 Å². The van der Waals surface area contributed by atoms with Gasteiger partial charge < -0.3 is 5.32 Å². The van der Waals surface area contributed by atoms with Gasteiger partial charge in [-0.25, -0.2) is 4.39 Å². The number of carbonyl (C=O) groups is 1. The molecular weight excluding hydrogens is 287 g/mol. The lowest BCUT2D eigenvalue weighted by Gasteiger charge is -2.38. The Morgan fingerprint density at radius 3 is 2.71 bits per heavy atom. The van der Waals surface area contributed by atoms with Crippen molar-refractivity contribution < 1.29 is 9.18 Å². The summed E-state index contributed by atoms with van der Waals surface area (Å²) in [6.45, 7) is 0. The third-order valence-electron chi connectivity index (χ3n) is 3.53. The fourth-order valence-electron chi connectivity index (χ4n) is 2.41. The van der Waals surface area contributed by atoms with Crippen LogP contribution in [0, 0.1) is 5.82 Å². The highest BCUT2D eigenvalue weighted by Gasteiger charge is 2.47. The Balaban J connectivity index is 1.89. The molecule has 17 heavy (non-hydrogen) atoms. The van der Waals surface area contributed by atoms with E-state index in [4.69, 9.17) is 0 Å². The van der Waals surface area contributed by atoms with Crippen molar-refractivity contribution in [3.8, 4) is 0 Å². The molecule has 3 rings (SSSR count). The van der Waals surface area contributed by atoms with Gasteiger partial charge in [0, 0.05) is 0 Å². The van der Waals surface area contributed by atoms with E-state index in [1.165, 1.54) is 6.07 Å². The molecule has 90 valence electrons. The first kappa shape index (κ1) is 11.2. The minimum absolute atomic E-state index is 0.0248. The topological polar surface area (TPSA) is 41.1 Å². The molecule has 2 aliphatic rings. The third-order valence-corrected chi connectivity index (χ3v) is 4.14. The Labute approximate surface area is 107 Å². The van der Waals surface area contributed by atoms with E-state index in [1.54, 1.807) is 12.1 Å². The lowest BCUT2D eigenvalue weighted by atomic mass is 9.85. The fourth-order valence-corrected chi connectivity index (χ4v) is 2.81. The summed E-state index contributed by atoms with van der Waals surface area (Å²) in [4.78, 5) is 11.9. The Hall–Kier alpha value is -0.940. The van der Waals surface area contributed by atoms with E-state index in [0.717, 1.165) is 24.8 Å². The van der Waals surface area contributed by atoms with Gasteiger partial charge in [0.1, 0.15) is 11.9 Å². The van der Waals surface area contributed by atoms with Crippen molar-refractivity contribution in [1.82, 2.24) is 10.6 Å². The maximum Gasteiger partial charge on any atom is 0.243 e. The van der Waals surface area contributed by atoms with Crippen LogP contribution in [0.1, 0.15) is 30.9 Å². The van der Waals surface area contributed by atoms with Crippen LogP contribution in [-0.4, -0.2) is 11.6 Å². The Morgan fingerprint density at radius 2 is 2.18 bits per heavy atom. The van der Waals surface area contributed by atoms with Gasteiger partial charge in [0.2, 0.25) is 5.91 Å². The van der Waals surface area contributed by atoms with Gasteiger partial charge >= 0.3 is 0 Å². The molecule has 1 atom stereocenters. The number of nitrogens with one attached hydrogen (secondary N) is 2. The van der Waals surface area contributed by atoms with Crippen LogP contribution in [0.2, 0.25) is 0 Å². The molecule has 3 nitrogen and oxygen atoms in total. The number of rotatable bonds is 1. The molecule has 2 fully saturated rings. The molecule has 0 unspecified atom stereocenters. The summed E-state index contributed by atoms with van der Waals surface area (Å²) < 4.78 is 13.5. The highest BCUT2D eigenvalue weighted by atomic mass is 79.9. The molecular formula is C12H12BrFN2O. The zero-order chi connectivity index (χ0) is 12.0. The van der Waals surface area contributed by atoms with Crippen molar-refractivity contribution in [2.45, 2.75) is 31.0 Å². The summed E-state index contributed by atoms with van der Waals surface area (Å²) in [7, 11) is 0. The minimum atomic E-state index is -0.368. The Bertz CT molecular complexity index is 487. The first-order chi connectivity index (χ1) is 8.10. The van der Waals surface area contributed by atoms with Crippen molar-refractivity contribution in [1.29, 1.82) is 0 Å². The van der Waals surface area contributed by atoms with Gasteiger partial charge in [0.15, 0.2) is 0 Å². The van der Waals surface area contributed by atoms with E-state index in [0.29, 0.717) is 4.47 Å². The van der Waals surface area contributed by atoms with Crippen molar-refractivity contribution in [2.24, 2.45) is 0 Å². The summed E-state index contributed by atoms with van der Waals surface area (Å²) in [6.07, 6.45) is 3.07. The quantitative estimate of drug-likeness (QED) is 0.835. The second-order valence-electron chi connectivity index (χ2n) is 4.68. The monoisotopic (exact) mass is 298 g/mol. The molecule has 1 aromatic rings.